The van der Waals surface area contributed by atoms with Gasteiger partial charge < -0.3 is 14.8 Å². The number of carbonyl (C=O) groups is 3. The van der Waals surface area contributed by atoms with Gasteiger partial charge in [0.2, 0.25) is 0 Å². The van der Waals surface area contributed by atoms with Gasteiger partial charge in [-0.25, -0.2) is 9.59 Å². The highest BCUT2D eigenvalue weighted by Crippen LogP contribution is 2.18. The quantitative estimate of drug-likeness (QED) is 0.216. The van der Waals surface area contributed by atoms with Gasteiger partial charge in [-0.15, -0.1) is 0 Å². The molecule has 0 unspecified atom stereocenters. The average molecular weight is 475 g/mol. The van der Waals surface area contributed by atoms with Crippen LogP contribution in [0.1, 0.15) is 33.2 Å². The monoisotopic (exact) mass is 474 g/mol. The van der Waals surface area contributed by atoms with Crippen molar-refractivity contribution in [3.05, 3.63) is 100 Å². The van der Waals surface area contributed by atoms with E-state index < -0.39 is 17.8 Å². The molecule has 0 fully saturated rings. The number of carbonyl (C=O) groups excluding carboxylic acids is 3. The van der Waals surface area contributed by atoms with E-state index in [1.54, 1.807) is 67.6 Å². The molecule has 1 N–H and O–H groups in total. The summed E-state index contributed by atoms with van der Waals surface area (Å²) in [5.41, 5.74) is 1.57. The summed E-state index contributed by atoms with van der Waals surface area (Å²) in [4.78, 5) is 36.4. The van der Waals surface area contributed by atoms with Crippen molar-refractivity contribution in [3.8, 4) is 11.8 Å². The minimum atomic E-state index is -0.607. The first-order valence-electron chi connectivity index (χ1n) is 10.2. The minimum Gasteiger partial charge on any atom is -0.462 e. The van der Waals surface area contributed by atoms with E-state index in [1.807, 2.05) is 6.07 Å². The molecule has 3 aromatic carbocycles. The van der Waals surface area contributed by atoms with Gasteiger partial charge in [0.25, 0.3) is 5.91 Å². The fourth-order valence-corrected chi connectivity index (χ4v) is 2.93. The normalized spacial score (nSPS) is 10.7. The number of hydrogen-bond acceptors (Lipinski definition) is 6. The fourth-order valence-electron chi connectivity index (χ4n) is 2.80. The molecule has 0 spiro atoms. The third kappa shape index (κ3) is 6.55. The predicted octanol–water partition coefficient (Wildman–Crippen LogP) is 5.28. The molecule has 3 rings (SSSR count). The van der Waals surface area contributed by atoms with Gasteiger partial charge in [0.05, 0.1) is 17.7 Å². The van der Waals surface area contributed by atoms with Crippen LogP contribution in [-0.2, 0) is 9.53 Å². The molecular formula is C26H19ClN2O5. The maximum atomic E-state index is 12.5. The van der Waals surface area contributed by atoms with E-state index in [2.05, 4.69) is 5.32 Å². The molecule has 0 aliphatic carbocycles. The van der Waals surface area contributed by atoms with Gasteiger partial charge in [-0.05, 0) is 79.2 Å². The molecule has 0 aliphatic rings. The summed E-state index contributed by atoms with van der Waals surface area (Å²) >= 11 is 5.82. The van der Waals surface area contributed by atoms with Crippen molar-refractivity contribution in [1.82, 2.24) is 0 Å². The van der Waals surface area contributed by atoms with E-state index >= 15 is 0 Å². The second-order valence-electron chi connectivity index (χ2n) is 6.89. The summed E-state index contributed by atoms with van der Waals surface area (Å²) in [6.45, 7) is 1.98. The highest BCUT2D eigenvalue weighted by Gasteiger charge is 2.12. The molecule has 0 aromatic heterocycles. The van der Waals surface area contributed by atoms with Crippen molar-refractivity contribution < 1.29 is 23.9 Å². The minimum absolute atomic E-state index is 0.125. The zero-order chi connectivity index (χ0) is 24.5. The van der Waals surface area contributed by atoms with E-state index in [1.165, 1.54) is 18.2 Å². The number of nitriles is 1. The van der Waals surface area contributed by atoms with E-state index in [4.69, 9.17) is 21.1 Å². The van der Waals surface area contributed by atoms with Gasteiger partial charge >= 0.3 is 11.9 Å². The molecular weight excluding hydrogens is 456 g/mol. The second-order valence-corrected chi connectivity index (χ2v) is 7.32. The average Bonchev–Trinajstić information content (AvgIpc) is 2.84. The number of rotatable bonds is 7. The number of benzene rings is 3. The molecule has 8 heteroatoms. The summed E-state index contributed by atoms with van der Waals surface area (Å²) in [7, 11) is 0. The molecule has 0 saturated carbocycles. The van der Waals surface area contributed by atoms with E-state index in [0.29, 0.717) is 33.1 Å². The zero-order valence-corrected chi connectivity index (χ0v) is 18.8. The number of esters is 2. The molecule has 7 nitrogen and oxygen atoms in total. The van der Waals surface area contributed by atoms with Crippen LogP contribution in [0.2, 0.25) is 5.02 Å². The van der Waals surface area contributed by atoms with Crippen LogP contribution in [0.5, 0.6) is 5.75 Å². The molecule has 0 bridgehead atoms. The zero-order valence-electron chi connectivity index (χ0n) is 18.1. The molecule has 34 heavy (non-hydrogen) atoms. The molecule has 0 saturated heterocycles. The molecule has 170 valence electrons. The van der Waals surface area contributed by atoms with Crippen LogP contribution in [0.3, 0.4) is 0 Å². The lowest BCUT2D eigenvalue weighted by Crippen LogP contribution is -2.13. The summed E-state index contributed by atoms with van der Waals surface area (Å²) < 4.78 is 10.2. The Morgan fingerprint density at radius 1 is 0.912 bits per heavy atom. The standard InChI is InChI=1S/C26H19ClN2O5/c1-2-33-25(31)18-7-11-22(12-8-18)29-24(30)20(16-28)15-17-3-13-23(14-4-17)34-26(32)19-5-9-21(27)10-6-19/h3-15H,2H2,1H3,(H,29,30)/b20-15+. The maximum absolute atomic E-state index is 12.5. The van der Waals surface area contributed by atoms with Crippen molar-refractivity contribution in [1.29, 1.82) is 5.26 Å². The number of anilines is 1. The largest absolute Gasteiger partial charge is 0.462 e. The number of nitrogens with zero attached hydrogens (tertiary/aromatic N) is 1. The molecule has 0 atom stereocenters. The van der Waals surface area contributed by atoms with Gasteiger partial charge in [0.15, 0.2) is 0 Å². The first-order chi connectivity index (χ1) is 16.4. The lowest BCUT2D eigenvalue weighted by atomic mass is 10.1. The second kappa shape index (κ2) is 11.5. The van der Waals surface area contributed by atoms with Crippen molar-refractivity contribution >= 4 is 41.2 Å². The van der Waals surface area contributed by atoms with Crippen molar-refractivity contribution in [2.24, 2.45) is 0 Å². The highest BCUT2D eigenvalue weighted by atomic mass is 35.5. The number of nitrogens with one attached hydrogen (secondary N) is 1. The summed E-state index contributed by atoms with van der Waals surface area (Å²) in [6.07, 6.45) is 1.41. The molecule has 3 aromatic rings. The van der Waals surface area contributed by atoms with Crippen molar-refractivity contribution in [3.63, 3.8) is 0 Å². The van der Waals surface area contributed by atoms with Crippen LogP contribution < -0.4 is 10.1 Å². The SMILES string of the molecule is CCOC(=O)c1ccc(NC(=O)/C(C#N)=C/c2ccc(OC(=O)c3ccc(Cl)cc3)cc2)cc1. The molecule has 0 radical (unpaired) electrons. The Morgan fingerprint density at radius 3 is 2.09 bits per heavy atom. The Kier molecular flexibility index (Phi) is 8.16. The third-order valence-electron chi connectivity index (χ3n) is 4.50. The van der Waals surface area contributed by atoms with Crippen LogP contribution >= 0.6 is 11.6 Å². The maximum Gasteiger partial charge on any atom is 0.343 e. The van der Waals surface area contributed by atoms with E-state index in [0.717, 1.165) is 0 Å². The Hall–Kier alpha value is -4.41. The lowest BCUT2D eigenvalue weighted by Gasteiger charge is -2.07. The van der Waals surface area contributed by atoms with Crippen LogP contribution in [-0.4, -0.2) is 24.5 Å². The van der Waals surface area contributed by atoms with Crippen LogP contribution in [0.4, 0.5) is 5.69 Å². The van der Waals surface area contributed by atoms with Gasteiger partial charge in [-0.1, -0.05) is 23.7 Å². The number of ether oxygens (including phenoxy) is 2. The van der Waals surface area contributed by atoms with Gasteiger partial charge in [-0.3, -0.25) is 4.79 Å². The fraction of sp³-hybridized carbons (Fsp3) is 0.0769. The summed E-state index contributed by atoms with van der Waals surface area (Å²) in [5.74, 6) is -1.29. The first-order valence-corrected chi connectivity index (χ1v) is 10.6. The number of halogens is 1. The highest BCUT2D eigenvalue weighted by molar-refractivity contribution is 6.30. The van der Waals surface area contributed by atoms with Gasteiger partial charge in [0.1, 0.15) is 17.4 Å². The van der Waals surface area contributed by atoms with E-state index in [-0.39, 0.29) is 12.2 Å². The van der Waals surface area contributed by atoms with Crippen LogP contribution in [0.15, 0.2) is 78.4 Å². The van der Waals surface area contributed by atoms with Crippen LogP contribution in [0.25, 0.3) is 6.08 Å². The van der Waals surface area contributed by atoms with Gasteiger partial charge in [-0.2, -0.15) is 5.26 Å². The number of hydrogen-bond donors (Lipinski definition) is 1. The topological polar surface area (TPSA) is 105 Å². The van der Waals surface area contributed by atoms with E-state index in [9.17, 15) is 19.6 Å². The van der Waals surface area contributed by atoms with Crippen molar-refractivity contribution in [2.45, 2.75) is 6.92 Å². The molecule has 0 heterocycles. The number of amides is 1. The first kappa shape index (κ1) is 24.2. The summed E-state index contributed by atoms with van der Waals surface area (Å²) in [6, 6.07) is 20.6. The smallest absolute Gasteiger partial charge is 0.343 e. The Labute approximate surface area is 201 Å². The summed E-state index contributed by atoms with van der Waals surface area (Å²) in [5, 5.41) is 12.5. The van der Waals surface area contributed by atoms with Gasteiger partial charge in [0, 0.05) is 10.7 Å². The van der Waals surface area contributed by atoms with Crippen molar-refractivity contribution in [2.75, 3.05) is 11.9 Å². The lowest BCUT2D eigenvalue weighted by molar-refractivity contribution is -0.112. The Morgan fingerprint density at radius 2 is 1.50 bits per heavy atom. The Bertz CT molecular complexity index is 1260. The Balaban J connectivity index is 1.64. The molecule has 1 amide bonds. The van der Waals surface area contributed by atoms with Crippen LogP contribution in [0, 0.1) is 11.3 Å². The predicted molar refractivity (Wildman–Crippen MR) is 127 cm³/mol. The third-order valence-corrected chi connectivity index (χ3v) is 4.75. The molecule has 0 aliphatic heterocycles.